The molecular weight excluding hydrogens is 318 g/mol. The first-order chi connectivity index (χ1) is 12.0. The average molecular weight is 336 g/mol. The summed E-state index contributed by atoms with van der Waals surface area (Å²) in [5, 5.41) is 30.6. The maximum absolute atomic E-state index is 10.9. The predicted octanol–water partition coefficient (Wildman–Crippen LogP) is 3.78. The number of aromatic hydroxyl groups is 1. The first kappa shape index (κ1) is 16.7. The van der Waals surface area contributed by atoms with E-state index in [2.05, 4.69) is 24.1 Å². The number of hydrogen-bond donors (Lipinski definition) is 1. The first-order valence-corrected chi connectivity index (χ1v) is 8.00. The zero-order chi connectivity index (χ0) is 18.0. The first-order valence-electron chi connectivity index (χ1n) is 8.00. The summed E-state index contributed by atoms with van der Waals surface area (Å²) in [6.07, 6.45) is 0. The summed E-state index contributed by atoms with van der Waals surface area (Å²) in [7, 11) is 0. The van der Waals surface area contributed by atoms with Gasteiger partial charge in [-0.1, -0.05) is 44.2 Å². The van der Waals surface area contributed by atoms with E-state index >= 15 is 0 Å². The number of carboxylic acids is 1. The minimum Gasteiger partial charge on any atom is -0.545 e. The molecule has 128 valence electrons. The number of carboxylic acid groups (broad SMARTS) is 1. The van der Waals surface area contributed by atoms with Crippen molar-refractivity contribution in [1.29, 1.82) is 0 Å². The molecule has 3 aromatic rings. The normalized spacial score (nSPS) is 11.6. The number of benzene rings is 2. The molecule has 6 heteroatoms. The van der Waals surface area contributed by atoms with Crippen LogP contribution in [0.2, 0.25) is 0 Å². The van der Waals surface area contributed by atoms with Gasteiger partial charge in [-0.2, -0.15) is 5.11 Å². The van der Waals surface area contributed by atoms with Crippen LogP contribution in [0.1, 0.15) is 24.2 Å². The third-order valence-corrected chi connectivity index (χ3v) is 3.81. The number of azo groups is 1. The molecule has 1 heterocycles. The fraction of sp³-hybridized carbons (Fsp3) is 0.211. The summed E-state index contributed by atoms with van der Waals surface area (Å²) in [6.45, 7) is 4.80. The van der Waals surface area contributed by atoms with Crippen molar-refractivity contribution >= 4 is 28.2 Å². The minimum atomic E-state index is -1.27. The van der Waals surface area contributed by atoms with Gasteiger partial charge in [0.1, 0.15) is 0 Å². The molecule has 0 fully saturated rings. The standard InChI is InChI=1S/C19H19N3O3/c1-12(2)11-22-16-9-4-3-8-15(16)17(18(22)23)21-20-14-7-5-6-13(10-14)19(24)25/h3-10,12,23H,11H2,1-2H3,(H,24,25)/p-1. The maximum atomic E-state index is 10.9. The van der Waals surface area contributed by atoms with Gasteiger partial charge in [0.25, 0.3) is 0 Å². The molecule has 0 saturated heterocycles. The van der Waals surface area contributed by atoms with Crippen LogP contribution in [0, 0.1) is 5.92 Å². The van der Waals surface area contributed by atoms with Crippen LogP contribution in [-0.4, -0.2) is 15.6 Å². The smallest absolute Gasteiger partial charge is 0.220 e. The Bertz CT molecular complexity index is 958. The van der Waals surface area contributed by atoms with Crippen molar-refractivity contribution in [3.8, 4) is 5.88 Å². The second-order valence-electron chi connectivity index (χ2n) is 6.23. The van der Waals surface area contributed by atoms with Crippen LogP contribution in [0.3, 0.4) is 0 Å². The van der Waals surface area contributed by atoms with Crippen LogP contribution >= 0.6 is 0 Å². The van der Waals surface area contributed by atoms with Crippen molar-refractivity contribution in [2.24, 2.45) is 16.1 Å². The number of carbonyl (C=O) groups excluding carboxylic acids is 1. The van der Waals surface area contributed by atoms with E-state index in [1.54, 1.807) is 12.1 Å². The Kier molecular flexibility index (Phi) is 4.52. The molecule has 1 aromatic heterocycles. The highest BCUT2D eigenvalue weighted by Gasteiger charge is 2.16. The third kappa shape index (κ3) is 3.38. The number of rotatable bonds is 5. The molecule has 0 radical (unpaired) electrons. The Balaban J connectivity index is 2.05. The van der Waals surface area contributed by atoms with Crippen molar-refractivity contribution < 1.29 is 15.0 Å². The average Bonchev–Trinajstić information content (AvgIpc) is 2.85. The zero-order valence-corrected chi connectivity index (χ0v) is 14.0. The minimum absolute atomic E-state index is 0.0305. The van der Waals surface area contributed by atoms with Crippen molar-refractivity contribution in [2.75, 3.05) is 0 Å². The van der Waals surface area contributed by atoms with Gasteiger partial charge in [0.2, 0.25) is 5.88 Å². The van der Waals surface area contributed by atoms with Crippen LogP contribution < -0.4 is 5.11 Å². The molecule has 0 unspecified atom stereocenters. The van der Waals surface area contributed by atoms with E-state index in [-0.39, 0.29) is 11.4 Å². The molecule has 3 rings (SSSR count). The number of nitrogens with zero attached hydrogens (tertiary/aromatic N) is 3. The van der Waals surface area contributed by atoms with Gasteiger partial charge in [-0.3, -0.25) is 0 Å². The van der Waals surface area contributed by atoms with E-state index in [1.807, 2.05) is 28.8 Å². The monoisotopic (exact) mass is 336 g/mol. The lowest BCUT2D eigenvalue weighted by Crippen LogP contribution is -2.21. The molecule has 0 aliphatic heterocycles. The van der Waals surface area contributed by atoms with E-state index < -0.39 is 5.97 Å². The largest absolute Gasteiger partial charge is 0.545 e. The van der Waals surface area contributed by atoms with Crippen molar-refractivity contribution in [3.63, 3.8) is 0 Å². The summed E-state index contributed by atoms with van der Waals surface area (Å²) in [6, 6.07) is 13.6. The van der Waals surface area contributed by atoms with Crippen molar-refractivity contribution in [3.05, 3.63) is 54.1 Å². The molecular formula is C19H18N3O3-. The van der Waals surface area contributed by atoms with Crippen molar-refractivity contribution in [2.45, 2.75) is 20.4 Å². The van der Waals surface area contributed by atoms with Crippen LogP contribution in [0.15, 0.2) is 58.8 Å². The van der Waals surface area contributed by atoms with E-state index in [9.17, 15) is 15.0 Å². The number of carbonyl (C=O) groups is 1. The second-order valence-corrected chi connectivity index (χ2v) is 6.23. The second kappa shape index (κ2) is 6.76. The van der Waals surface area contributed by atoms with E-state index in [1.165, 1.54) is 12.1 Å². The lowest BCUT2D eigenvalue weighted by atomic mass is 10.2. The highest BCUT2D eigenvalue weighted by Crippen LogP contribution is 2.39. The Morgan fingerprint density at radius 2 is 1.92 bits per heavy atom. The fourth-order valence-electron chi connectivity index (χ4n) is 2.72. The molecule has 2 aromatic carbocycles. The van der Waals surface area contributed by atoms with Gasteiger partial charge in [-0.15, -0.1) is 5.11 Å². The highest BCUT2D eigenvalue weighted by atomic mass is 16.4. The summed E-state index contributed by atoms with van der Waals surface area (Å²) in [5.74, 6) is -0.866. The van der Waals surface area contributed by atoms with E-state index in [0.717, 1.165) is 10.9 Å². The molecule has 1 N–H and O–H groups in total. The summed E-state index contributed by atoms with van der Waals surface area (Å²) in [4.78, 5) is 10.9. The Labute approximate surface area is 145 Å². The summed E-state index contributed by atoms with van der Waals surface area (Å²) >= 11 is 0. The molecule has 0 spiro atoms. The molecule has 6 nitrogen and oxygen atoms in total. The van der Waals surface area contributed by atoms with Gasteiger partial charge in [0, 0.05) is 11.9 Å². The van der Waals surface area contributed by atoms with Gasteiger partial charge in [0.15, 0.2) is 5.69 Å². The Hall–Kier alpha value is -3.15. The number of fused-ring (bicyclic) bond motifs is 1. The van der Waals surface area contributed by atoms with Gasteiger partial charge in [-0.05, 0) is 29.7 Å². The van der Waals surface area contributed by atoms with Crippen LogP contribution in [0.5, 0.6) is 5.88 Å². The van der Waals surface area contributed by atoms with Crippen molar-refractivity contribution in [1.82, 2.24) is 4.57 Å². The van der Waals surface area contributed by atoms with Gasteiger partial charge in [-0.25, -0.2) is 0 Å². The molecule has 0 atom stereocenters. The Morgan fingerprint density at radius 1 is 1.16 bits per heavy atom. The number of para-hydroxylation sites is 1. The lowest BCUT2D eigenvalue weighted by Gasteiger charge is -2.09. The topological polar surface area (TPSA) is 90.0 Å². The van der Waals surface area contributed by atoms with Crippen LogP contribution in [0.25, 0.3) is 10.9 Å². The molecule has 0 amide bonds. The molecule has 0 bridgehead atoms. The van der Waals surface area contributed by atoms with Crippen LogP contribution in [0.4, 0.5) is 11.4 Å². The van der Waals surface area contributed by atoms with Gasteiger partial charge < -0.3 is 19.6 Å². The quantitative estimate of drug-likeness (QED) is 0.719. The summed E-state index contributed by atoms with van der Waals surface area (Å²) in [5.41, 5.74) is 1.66. The molecule has 0 aliphatic rings. The number of hydrogen-bond acceptors (Lipinski definition) is 5. The SMILES string of the molecule is CC(C)Cn1c(O)c(N=Nc2cccc(C(=O)[O-])c2)c2ccccc21. The fourth-order valence-corrected chi connectivity index (χ4v) is 2.72. The van der Waals surface area contributed by atoms with E-state index in [4.69, 9.17) is 0 Å². The number of aromatic nitrogens is 1. The zero-order valence-electron chi connectivity index (χ0n) is 14.0. The maximum Gasteiger partial charge on any atom is 0.220 e. The highest BCUT2D eigenvalue weighted by molar-refractivity contribution is 5.95. The van der Waals surface area contributed by atoms with E-state index in [0.29, 0.717) is 23.8 Å². The molecule has 25 heavy (non-hydrogen) atoms. The molecule has 0 aliphatic carbocycles. The predicted molar refractivity (Wildman–Crippen MR) is 93.4 cm³/mol. The van der Waals surface area contributed by atoms with Gasteiger partial charge >= 0.3 is 0 Å². The molecule has 0 saturated carbocycles. The lowest BCUT2D eigenvalue weighted by molar-refractivity contribution is -0.255. The van der Waals surface area contributed by atoms with Gasteiger partial charge in [0.05, 0.1) is 17.2 Å². The summed E-state index contributed by atoms with van der Waals surface area (Å²) < 4.78 is 1.81. The number of aromatic carboxylic acids is 1. The third-order valence-electron chi connectivity index (χ3n) is 3.81. The Morgan fingerprint density at radius 3 is 2.64 bits per heavy atom. The van der Waals surface area contributed by atoms with Crippen LogP contribution in [-0.2, 0) is 6.54 Å².